The van der Waals surface area contributed by atoms with E-state index in [1.54, 1.807) is 24.0 Å². The van der Waals surface area contributed by atoms with Gasteiger partial charge in [-0.05, 0) is 119 Å². The molecule has 2 heterocycles. The van der Waals surface area contributed by atoms with Gasteiger partial charge >= 0.3 is 0 Å². The van der Waals surface area contributed by atoms with Gasteiger partial charge in [-0.15, -0.1) is 0 Å². The molecule has 1 aliphatic heterocycles. The van der Waals surface area contributed by atoms with Crippen LogP contribution < -0.4 is 0 Å². The van der Waals surface area contributed by atoms with Crippen molar-refractivity contribution in [3.05, 3.63) is 126 Å². The molecule has 216 valence electrons. The van der Waals surface area contributed by atoms with Gasteiger partial charge in [0.2, 0.25) is 0 Å². The van der Waals surface area contributed by atoms with Crippen molar-refractivity contribution >= 4 is 27.2 Å². The lowest BCUT2D eigenvalue weighted by molar-refractivity contribution is 0.269. The molecule has 4 heteroatoms. The van der Waals surface area contributed by atoms with Crippen LogP contribution >= 0.6 is 0 Å². The maximum absolute atomic E-state index is 13.7. The van der Waals surface area contributed by atoms with Crippen LogP contribution in [0.3, 0.4) is 0 Å². The number of fused-ring (bicyclic) bond motifs is 5. The minimum absolute atomic E-state index is 0.180. The molecule has 0 radical (unpaired) electrons. The average Bonchev–Trinajstić information content (AvgIpc) is 3.59. The zero-order valence-electron chi connectivity index (χ0n) is 25.1. The summed E-state index contributed by atoms with van der Waals surface area (Å²) in [5.74, 6) is 0.265. The molecule has 1 aromatic heterocycles. The minimum atomic E-state index is -0.180. The maximum atomic E-state index is 13.7. The molecule has 0 spiro atoms. The second-order valence-electron chi connectivity index (χ2n) is 12.3. The Hall–Kier alpha value is -4.15. The van der Waals surface area contributed by atoms with E-state index in [0.717, 1.165) is 35.7 Å². The lowest BCUT2D eigenvalue weighted by Gasteiger charge is -2.36. The highest BCUT2D eigenvalue weighted by Gasteiger charge is 2.31. The number of halogens is 1. The van der Waals surface area contributed by atoms with Crippen molar-refractivity contribution in [3.8, 4) is 11.1 Å². The molecule has 0 saturated carbocycles. The summed E-state index contributed by atoms with van der Waals surface area (Å²) >= 11 is 0. The monoisotopic (exact) mass is 567 g/mol. The van der Waals surface area contributed by atoms with Gasteiger partial charge in [0.05, 0.1) is 5.52 Å². The Morgan fingerprint density at radius 1 is 0.860 bits per heavy atom. The molecule has 3 aliphatic rings. The minimum Gasteiger partial charge on any atom is -0.296 e. The second kappa shape index (κ2) is 11.9. The molecule has 0 N–H and O–H groups in total. The van der Waals surface area contributed by atoms with Crippen molar-refractivity contribution in [2.45, 2.75) is 57.9 Å². The van der Waals surface area contributed by atoms with Gasteiger partial charge in [0.1, 0.15) is 12.1 Å². The van der Waals surface area contributed by atoms with Crippen LogP contribution in [0, 0.1) is 5.82 Å². The Morgan fingerprint density at radius 2 is 1.67 bits per heavy atom. The first-order valence-corrected chi connectivity index (χ1v) is 15.7. The molecule has 1 fully saturated rings. The Kier molecular flexibility index (Phi) is 7.63. The number of allylic oxidation sites excluding steroid dienone is 2. The van der Waals surface area contributed by atoms with Crippen LogP contribution in [-0.2, 0) is 6.42 Å². The number of nitrogens with zero attached hydrogens (tertiary/aromatic N) is 3. The van der Waals surface area contributed by atoms with Crippen LogP contribution in [0.15, 0.2) is 103 Å². The normalized spacial score (nSPS) is 18.1. The van der Waals surface area contributed by atoms with E-state index in [4.69, 9.17) is 0 Å². The van der Waals surface area contributed by atoms with E-state index >= 15 is 0 Å². The van der Waals surface area contributed by atoms with Crippen molar-refractivity contribution < 1.29 is 4.39 Å². The maximum Gasteiger partial charge on any atom is 0.123 e. The molecule has 8 rings (SSSR count). The highest BCUT2D eigenvalue weighted by Crippen LogP contribution is 2.44. The fourth-order valence-corrected chi connectivity index (χ4v) is 7.18. The summed E-state index contributed by atoms with van der Waals surface area (Å²) in [6.45, 7) is 6.98. The smallest absolute Gasteiger partial charge is 0.123 e. The van der Waals surface area contributed by atoms with Gasteiger partial charge in [0.15, 0.2) is 0 Å². The van der Waals surface area contributed by atoms with Gasteiger partial charge in [-0.25, -0.2) is 14.4 Å². The predicted octanol–water partition coefficient (Wildman–Crippen LogP) is 9.52. The Bertz CT molecular complexity index is 1780. The summed E-state index contributed by atoms with van der Waals surface area (Å²) in [5.41, 5.74) is 10.7. The Labute approximate surface area is 253 Å². The molecule has 0 amide bonds. The Morgan fingerprint density at radius 3 is 2.47 bits per heavy atom. The van der Waals surface area contributed by atoms with Gasteiger partial charge in [0.25, 0.3) is 0 Å². The molecular weight excluding hydrogens is 529 g/mol. The topological polar surface area (TPSA) is 29.0 Å². The summed E-state index contributed by atoms with van der Waals surface area (Å²) in [5, 5.41) is 3.75. The van der Waals surface area contributed by atoms with Crippen LogP contribution in [0.25, 0.3) is 38.4 Å². The molecule has 3 nitrogen and oxygen atoms in total. The van der Waals surface area contributed by atoms with Crippen LogP contribution in [0.2, 0.25) is 0 Å². The van der Waals surface area contributed by atoms with Crippen molar-refractivity contribution in [1.82, 2.24) is 14.9 Å². The van der Waals surface area contributed by atoms with Gasteiger partial charge in [-0.1, -0.05) is 80.6 Å². The van der Waals surface area contributed by atoms with Gasteiger partial charge in [0, 0.05) is 17.6 Å². The van der Waals surface area contributed by atoms with Crippen LogP contribution in [0.5, 0.6) is 0 Å². The molecule has 1 unspecified atom stereocenters. The van der Waals surface area contributed by atoms with Crippen LogP contribution in [0.1, 0.15) is 62.1 Å². The highest BCUT2D eigenvalue weighted by molar-refractivity contribution is 6.03. The fraction of sp³-hybridized carbons (Fsp3) is 0.282. The number of aryl methyl sites for hydroxylation is 1. The summed E-state index contributed by atoms with van der Waals surface area (Å²) in [7, 11) is 0. The lowest BCUT2D eigenvalue weighted by Crippen LogP contribution is -2.36. The van der Waals surface area contributed by atoms with E-state index in [9.17, 15) is 4.39 Å². The number of benzene rings is 4. The van der Waals surface area contributed by atoms with Crippen molar-refractivity contribution in [2.75, 3.05) is 13.1 Å². The largest absolute Gasteiger partial charge is 0.296 e. The Balaban J connectivity index is 0.000000253. The fourth-order valence-electron chi connectivity index (χ4n) is 7.18. The molecular formula is C39H38FN3. The first kappa shape index (κ1) is 27.7. The van der Waals surface area contributed by atoms with E-state index in [1.807, 2.05) is 42.6 Å². The molecule has 2 aliphatic carbocycles. The number of rotatable bonds is 3. The van der Waals surface area contributed by atoms with E-state index in [-0.39, 0.29) is 5.82 Å². The van der Waals surface area contributed by atoms with Gasteiger partial charge in [-0.2, -0.15) is 0 Å². The predicted molar refractivity (Wildman–Crippen MR) is 177 cm³/mol. The third kappa shape index (κ3) is 5.41. The number of para-hydroxylation sites is 1. The molecule has 43 heavy (non-hydrogen) atoms. The van der Waals surface area contributed by atoms with E-state index in [2.05, 4.69) is 65.1 Å². The molecule has 1 atom stereocenters. The van der Waals surface area contributed by atoms with Gasteiger partial charge in [-0.3, -0.25) is 4.90 Å². The molecule has 4 aromatic carbocycles. The summed E-state index contributed by atoms with van der Waals surface area (Å²) in [6.07, 6.45) is 14.2. The van der Waals surface area contributed by atoms with Crippen molar-refractivity contribution in [3.63, 3.8) is 0 Å². The summed E-state index contributed by atoms with van der Waals surface area (Å²) in [4.78, 5) is 10.7. The number of aromatic nitrogens is 2. The van der Waals surface area contributed by atoms with E-state index in [0.29, 0.717) is 12.0 Å². The van der Waals surface area contributed by atoms with E-state index < -0.39 is 0 Å². The SMILES string of the molecule is CC(C)c1cc(-c2ccc(F)cc2)c2c3c(ccc2c1)C1=C(CC3)C(N2CCCC2)CC=C1.c1ccc2ncncc2c1. The van der Waals surface area contributed by atoms with Crippen molar-refractivity contribution in [1.29, 1.82) is 0 Å². The first-order valence-electron chi connectivity index (χ1n) is 15.7. The zero-order chi connectivity index (χ0) is 29.3. The average molecular weight is 568 g/mol. The molecule has 5 aromatic rings. The summed E-state index contributed by atoms with van der Waals surface area (Å²) in [6, 6.07) is 24.9. The highest BCUT2D eigenvalue weighted by atomic mass is 19.1. The van der Waals surface area contributed by atoms with Gasteiger partial charge < -0.3 is 0 Å². The first-order chi connectivity index (χ1) is 21.1. The standard InChI is InChI=1S/C31H32FN.C8H6N2/c1-20(2)23-18-22-10-13-26-25-6-5-7-30(33-16-3-4-17-33)27(25)14-15-28(26)31(22)29(19-23)21-8-11-24(32)12-9-21;1-2-4-8-7(3-1)5-9-6-10-8/h5-6,8-13,18-20,30H,3-4,7,14-17H2,1-2H3;1-6H. The third-order valence-corrected chi connectivity index (χ3v) is 9.39. The quantitative estimate of drug-likeness (QED) is 0.217. The number of hydrogen-bond donors (Lipinski definition) is 0. The van der Waals surface area contributed by atoms with Crippen LogP contribution in [-0.4, -0.2) is 34.0 Å². The molecule has 1 saturated heterocycles. The second-order valence-corrected chi connectivity index (χ2v) is 12.3. The number of likely N-dealkylation sites (tertiary alicyclic amines) is 1. The third-order valence-electron chi connectivity index (χ3n) is 9.39. The van der Waals surface area contributed by atoms with Crippen LogP contribution in [0.4, 0.5) is 4.39 Å². The van der Waals surface area contributed by atoms with E-state index in [1.165, 1.54) is 64.5 Å². The molecule has 0 bridgehead atoms. The van der Waals surface area contributed by atoms with Crippen molar-refractivity contribution in [2.24, 2.45) is 0 Å². The number of hydrogen-bond acceptors (Lipinski definition) is 3. The summed E-state index contributed by atoms with van der Waals surface area (Å²) < 4.78 is 13.7. The zero-order valence-corrected chi connectivity index (χ0v) is 25.1. The lowest BCUT2D eigenvalue weighted by atomic mass is 9.76.